The van der Waals surface area contributed by atoms with Crippen LogP contribution in [0.3, 0.4) is 0 Å². The van der Waals surface area contributed by atoms with Crippen molar-refractivity contribution in [2.75, 3.05) is 0 Å². The molecule has 1 aromatic rings. The molecule has 16 heavy (non-hydrogen) atoms. The van der Waals surface area contributed by atoms with Gasteiger partial charge in [0.25, 0.3) is 0 Å². The number of benzene rings is 1. The molecule has 0 spiro atoms. The van der Waals surface area contributed by atoms with Gasteiger partial charge in [-0.2, -0.15) is 0 Å². The van der Waals surface area contributed by atoms with Crippen molar-refractivity contribution in [2.45, 2.75) is 13.8 Å². The van der Waals surface area contributed by atoms with Crippen LogP contribution in [0.15, 0.2) is 46.5 Å². The van der Waals surface area contributed by atoms with Crippen LogP contribution in [0.5, 0.6) is 0 Å². The molecule has 3 heteroatoms. The van der Waals surface area contributed by atoms with Gasteiger partial charge in [-0.25, -0.2) is 0 Å². The Hall–Kier alpha value is 0.128. The molecule has 0 amide bonds. The second-order valence-electron chi connectivity index (χ2n) is 3.86. The topological polar surface area (TPSA) is 0 Å². The summed E-state index contributed by atoms with van der Waals surface area (Å²) in [6.45, 7) is 4.66. The van der Waals surface area contributed by atoms with Gasteiger partial charge in [0, 0.05) is 0 Å². The van der Waals surface area contributed by atoms with E-state index in [0.29, 0.717) is 0 Å². The molecule has 0 bridgehead atoms. The number of allylic oxidation sites excluding steroid dienone is 2. The zero-order valence-electron chi connectivity index (χ0n) is 9.19. The van der Waals surface area contributed by atoms with Crippen molar-refractivity contribution in [1.82, 2.24) is 0 Å². The summed E-state index contributed by atoms with van der Waals surface area (Å²) >= 11 is 1.63. The second-order valence-corrected chi connectivity index (χ2v) is 24.6. The Balaban J connectivity index is 2.05. The molecular weight excluding hydrogens is 393 g/mol. The summed E-state index contributed by atoms with van der Waals surface area (Å²) in [5.74, 6) is 0. The molecule has 0 N–H and O–H groups in total. The molecule has 2 aliphatic rings. The molecule has 0 saturated carbocycles. The average molecular weight is 405 g/mol. The van der Waals surface area contributed by atoms with Crippen molar-refractivity contribution in [1.29, 1.82) is 0 Å². The third-order valence-corrected chi connectivity index (χ3v) is 26.2. The fourth-order valence-corrected chi connectivity index (χ4v) is 29.4. The van der Waals surface area contributed by atoms with Crippen molar-refractivity contribution in [3.63, 3.8) is 0 Å². The summed E-state index contributed by atoms with van der Waals surface area (Å²) in [5, 5.41) is 0. The number of hydrogen-bond acceptors (Lipinski definition) is 0. The average Bonchev–Trinajstić information content (AvgIpc) is 2.83. The normalized spacial score (nSPS) is 23.8. The van der Waals surface area contributed by atoms with Gasteiger partial charge < -0.3 is 0 Å². The molecule has 0 aromatic heterocycles. The monoisotopic (exact) mass is 408 g/mol. The Labute approximate surface area is 110 Å². The van der Waals surface area contributed by atoms with Gasteiger partial charge in [0.1, 0.15) is 0 Å². The van der Waals surface area contributed by atoms with Gasteiger partial charge in [-0.3, -0.25) is 0 Å². The molecule has 2 aliphatic heterocycles. The van der Waals surface area contributed by atoms with E-state index in [4.69, 9.17) is 0 Å². The number of rotatable bonds is 1. The Bertz CT molecular complexity index is 536. The zero-order valence-corrected chi connectivity index (χ0v) is 14.3. The first-order chi connectivity index (χ1) is 7.77. The first kappa shape index (κ1) is 11.2. The van der Waals surface area contributed by atoms with Gasteiger partial charge in [0.05, 0.1) is 0 Å². The van der Waals surface area contributed by atoms with Crippen molar-refractivity contribution in [3.8, 4) is 0 Å². The minimum absolute atomic E-state index is 0.371. The standard InChI is InChI=1S/C13H12Se3/c1-9-8-14-16-13(9)10(2)12(15-16)11-6-4-3-5-7-11/h3-8H,1-2H3. The van der Waals surface area contributed by atoms with Gasteiger partial charge in [-0.05, 0) is 0 Å². The van der Waals surface area contributed by atoms with Gasteiger partial charge in [-0.1, -0.05) is 0 Å². The predicted molar refractivity (Wildman–Crippen MR) is 75.1 cm³/mol. The Morgan fingerprint density at radius 2 is 1.81 bits per heavy atom. The first-order valence-corrected chi connectivity index (χ1v) is 16.5. The SMILES string of the molecule is CC1=C[Se][Se]2=C1C(C)=C(c1ccccc1)[Se]2. The molecule has 0 saturated heterocycles. The van der Waals surface area contributed by atoms with E-state index in [1.165, 1.54) is 5.56 Å². The van der Waals surface area contributed by atoms with Crippen molar-refractivity contribution in [3.05, 3.63) is 52.0 Å². The van der Waals surface area contributed by atoms with Crippen LogP contribution < -0.4 is 0 Å². The van der Waals surface area contributed by atoms with Crippen LogP contribution in [-0.2, 0) is 0 Å². The zero-order chi connectivity index (χ0) is 11.1. The summed E-state index contributed by atoms with van der Waals surface area (Å²) in [5.41, 5.74) is 4.72. The van der Waals surface area contributed by atoms with E-state index < -0.39 is 0 Å². The molecule has 0 aliphatic carbocycles. The molecule has 0 nitrogen and oxygen atoms in total. The van der Waals surface area contributed by atoms with E-state index in [1.807, 2.05) is 0 Å². The van der Waals surface area contributed by atoms with Crippen LogP contribution in [0, 0.1) is 0 Å². The van der Waals surface area contributed by atoms with E-state index in [2.05, 4.69) is 49.2 Å². The van der Waals surface area contributed by atoms with Gasteiger partial charge in [-0.15, -0.1) is 0 Å². The molecule has 3 rings (SSSR count). The number of hydrogen-bond donors (Lipinski definition) is 0. The fourth-order valence-electron chi connectivity index (χ4n) is 1.93. The fraction of sp³-hybridized carbons (Fsp3) is 0.154. The molecule has 0 fully saturated rings. The molecule has 1 unspecified atom stereocenters. The van der Waals surface area contributed by atoms with Crippen LogP contribution in [0.2, 0.25) is 0 Å². The van der Waals surface area contributed by atoms with E-state index >= 15 is 0 Å². The summed E-state index contributed by atoms with van der Waals surface area (Å²) in [7, 11) is -0.371. The molecule has 1 aromatic carbocycles. The van der Waals surface area contributed by atoms with Crippen LogP contribution >= 0.6 is 0 Å². The van der Waals surface area contributed by atoms with Crippen LogP contribution in [-0.4, -0.2) is 40.5 Å². The van der Waals surface area contributed by atoms with Gasteiger partial charge in [0.15, 0.2) is 0 Å². The van der Waals surface area contributed by atoms with Crippen molar-refractivity contribution in [2.24, 2.45) is 0 Å². The van der Waals surface area contributed by atoms with E-state index in [-0.39, 0.29) is 9.81 Å². The summed E-state index contributed by atoms with van der Waals surface area (Å²) in [6.07, 6.45) is 0. The molecule has 82 valence electrons. The minimum atomic E-state index is -0.371. The van der Waals surface area contributed by atoms with E-state index in [1.54, 1.807) is 20.0 Å². The van der Waals surface area contributed by atoms with Crippen molar-refractivity contribution < 1.29 is 0 Å². The maximum atomic E-state index is 2.53. The molecule has 0 radical (unpaired) electrons. The van der Waals surface area contributed by atoms with Crippen molar-refractivity contribution >= 4 is 45.0 Å². The second kappa shape index (κ2) is 4.42. The first-order valence-electron chi connectivity index (χ1n) is 5.18. The van der Waals surface area contributed by atoms with E-state index in [9.17, 15) is 0 Å². The quantitative estimate of drug-likeness (QED) is 0.628. The predicted octanol–water partition coefficient (Wildman–Crippen LogP) is 2.00. The summed E-state index contributed by atoms with van der Waals surface area (Å²) < 4.78 is 3.50. The van der Waals surface area contributed by atoms with Gasteiger partial charge >= 0.3 is 111 Å². The Kier molecular flexibility index (Phi) is 3.11. The third kappa shape index (κ3) is 1.77. The maximum absolute atomic E-state index is 2.53. The molecule has 2 heterocycles. The van der Waals surface area contributed by atoms with Crippen LogP contribution in [0.4, 0.5) is 0 Å². The summed E-state index contributed by atoms with van der Waals surface area (Å²) in [4.78, 5) is 2.53. The van der Waals surface area contributed by atoms with Crippen LogP contribution in [0.25, 0.3) is 4.47 Å². The third-order valence-electron chi connectivity index (χ3n) is 2.71. The Morgan fingerprint density at radius 3 is 2.50 bits per heavy atom. The van der Waals surface area contributed by atoms with E-state index in [0.717, 1.165) is 26.3 Å². The Morgan fingerprint density at radius 1 is 1.06 bits per heavy atom. The van der Waals surface area contributed by atoms with Crippen LogP contribution in [0.1, 0.15) is 19.4 Å². The molecule has 1 atom stereocenters. The summed E-state index contributed by atoms with van der Waals surface area (Å²) in [6, 6.07) is 11.0. The van der Waals surface area contributed by atoms with Gasteiger partial charge in [0.2, 0.25) is 0 Å². The molecular formula is C13H12Se3.